The molecule has 23 heavy (non-hydrogen) atoms. The Labute approximate surface area is 140 Å². The van der Waals surface area contributed by atoms with E-state index in [0.29, 0.717) is 25.0 Å². The second-order valence-corrected chi connectivity index (χ2v) is 9.03. The van der Waals surface area contributed by atoms with Gasteiger partial charge in [0, 0.05) is 25.7 Å². The molecule has 0 spiro atoms. The predicted octanol–water partition coefficient (Wildman–Crippen LogP) is 2.74. The molecule has 2 rings (SSSR count). The van der Waals surface area contributed by atoms with Crippen LogP contribution in [0.15, 0.2) is 36.4 Å². The molecule has 1 aromatic rings. The Kier molecular flexibility index (Phi) is 6.39. The first-order valence-corrected chi connectivity index (χ1v) is 9.85. The van der Waals surface area contributed by atoms with Crippen LogP contribution in [0.2, 0.25) is 0 Å². The van der Waals surface area contributed by atoms with E-state index < -0.39 is 10.0 Å². The molecule has 0 unspecified atom stereocenters. The van der Waals surface area contributed by atoms with Crippen LogP contribution in [-0.2, 0) is 10.0 Å². The van der Waals surface area contributed by atoms with Crippen molar-refractivity contribution in [1.82, 2.24) is 9.62 Å². The van der Waals surface area contributed by atoms with Crippen LogP contribution in [0.25, 0.3) is 6.08 Å². The van der Waals surface area contributed by atoms with Crippen molar-refractivity contribution in [3.8, 4) is 0 Å². The van der Waals surface area contributed by atoms with E-state index >= 15 is 0 Å². The average molecular weight is 337 g/mol. The van der Waals surface area contributed by atoms with Gasteiger partial charge in [0.05, 0.1) is 5.25 Å². The van der Waals surface area contributed by atoms with Gasteiger partial charge in [-0.15, -0.1) is 0 Å². The van der Waals surface area contributed by atoms with Crippen LogP contribution in [0.1, 0.15) is 32.8 Å². The lowest BCUT2D eigenvalue weighted by atomic mass is 9.95. The highest BCUT2D eigenvalue weighted by molar-refractivity contribution is 7.89. The van der Waals surface area contributed by atoms with E-state index in [1.54, 1.807) is 18.2 Å². The first-order valence-electron chi connectivity index (χ1n) is 8.35. The second kappa shape index (κ2) is 8.08. The van der Waals surface area contributed by atoms with E-state index in [-0.39, 0.29) is 5.25 Å². The monoisotopic (exact) mass is 336 g/mol. The van der Waals surface area contributed by atoms with Crippen LogP contribution in [0.5, 0.6) is 0 Å². The molecule has 0 aromatic heterocycles. The van der Waals surface area contributed by atoms with Crippen molar-refractivity contribution in [2.75, 3.05) is 19.6 Å². The summed E-state index contributed by atoms with van der Waals surface area (Å²) in [5.74, 6) is 0.322. The zero-order valence-corrected chi connectivity index (χ0v) is 15.1. The van der Waals surface area contributed by atoms with Gasteiger partial charge >= 0.3 is 0 Å². The van der Waals surface area contributed by atoms with Crippen molar-refractivity contribution in [3.63, 3.8) is 0 Å². The molecule has 0 aliphatic carbocycles. The SMILES string of the molecule is CC(C)S(=O)(=O)N1CC[C@@H](NC/C=C\c2ccccc2)[C@H](C)C1. The predicted molar refractivity (Wildman–Crippen MR) is 96.7 cm³/mol. The Morgan fingerprint density at radius 1 is 1.30 bits per heavy atom. The first-order chi connectivity index (χ1) is 10.9. The normalized spacial score (nSPS) is 23.7. The number of nitrogens with one attached hydrogen (secondary N) is 1. The largest absolute Gasteiger partial charge is 0.310 e. The Balaban J connectivity index is 1.82. The Hall–Kier alpha value is -1.17. The molecule has 1 heterocycles. The minimum Gasteiger partial charge on any atom is -0.310 e. The fourth-order valence-corrected chi connectivity index (χ4v) is 4.32. The van der Waals surface area contributed by atoms with E-state index in [9.17, 15) is 8.42 Å². The zero-order valence-electron chi connectivity index (χ0n) is 14.3. The molecule has 0 radical (unpaired) electrons. The molecule has 2 atom stereocenters. The molecular weight excluding hydrogens is 308 g/mol. The van der Waals surface area contributed by atoms with Gasteiger partial charge in [-0.05, 0) is 31.7 Å². The Morgan fingerprint density at radius 2 is 2.00 bits per heavy atom. The van der Waals surface area contributed by atoms with Gasteiger partial charge in [-0.1, -0.05) is 49.4 Å². The van der Waals surface area contributed by atoms with Crippen molar-refractivity contribution in [2.45, 2.75) is 38.5 Å². The molecule has 1 saturated heterocycles. The van der Waals surface area contributed by atoms with Gasteiger partial charge in [-0.3, -0.25) is 0 Å². The Morgan fingerprint density at radius 3 is 2.61 bits per heavy atom. The summed E-state index contributed by atoms with van der Waals surface area (Å²) in [5, 5.41) is 3.19. The lowest BCUT2D eigenvalue weighted by Crippen LogP contribution is -2.51. The fourth-order valence-electron chi connectivity index (χ4n) is 2.92. The minimum atomic E-state index is -3.13. The number of hydrogen-bond donors (Lipinski definition) is 1. The highest BCUT2D eigenvalue weighted by atomic mass is 32.2. The summed E-state index contributed by atoms with van der Waals surface area (Å²) in [5.41, 5.74) is 1.19. The van der Waals surface area contributed by atoms with Crippen LogP contribution >= 0.6 is 0 Å². The van der Waals surface area contributed by atoms with Crippen molar-refractivity contribution in [2.24, 2.45) is 5.92 Å². The second-order valence-electron chi connectivity index (χ2n) is 6.55. The smallest absolute Gasteiger partial charge is 0.216 e. The summed E-state index contributed by atoms with van der Waals surface area (Å²) < 4.78 is 26.2. The zero-order chi connectivity index (χ0) is 16.9. The lowest BCUT2D eigenvalue weighted by molar-refractivity contribution is 0.223. The molecule has 1 fully saturated rings. The molecule has 0 amide bonds. The van der Waals surface area contributed by atoms with E-state index in [0.717, 1.165) is 13.0 Å². The first kappa shape index (κ1) is 18.2. The molecule has 1 aromatic carbocycles. The maximum atomic E-state index is 12.2. The van der Waals surface area contributed by atoms with Gasteiger partial charge in [0.25, 0.3) is 0 Å². The van der Waals surface area contributed by atoms with Crippen molar-refractivity contribution in [3.05, 3.63) is 42.0 Å². The van der Waals surface area contributed by atoms with Crippen LogP contribution < -0.4 is 5.32 Å². The maximum Gasteiger partial charge on any atom is 0.216 e. The molecule has 1 aliphatic heterocycles. The topological polar surface area (TPSA) is 49.4 Å². The molecule has 128 valence electrons. The van der Waals surface area contributed by atoms with Gasteiger partial charge in [0.2, 0.25) is 10.0 Å². The third-order valence-corrected chi connectivity index (χ3v) is 6.67. The third-order valence-electron chi connectivity index (χ3n) is 4.43. The van der Waals surface area contributed by atoms with E-state index in [1.807, 2.05) is 18.2 Å². The average Bonchev–Trinajstić information content (AvgIpc) is 2.53. The van der Waals surface area contributed by atoms with Crippen molar-refractivity contribution in [1.29, 1.82) is 0 Å². The molecule has 5 heteroatoms. The van der Waals surface area contributed by atoms with E-state index in [1.165, 1.54) is 5.56 Å². The summed E-state index contributed by atoms with van der Waals surface area (Å²) in [6, 6.07) is 10.6. The van der Waals surface area contributed by atoms with E-state index in [4.69, 9.17) is 0 Å². The number of nitrogens with zero attached hydrogens (tertiary/aromatic N) is 1. The van der Waals surface area contributed by atoms with Crippen LogP contribution in [0, 0.1) is 5.92 Å². The highest BCUT2D eigenvalue weighted by Gasteiger charge is 2.33. The van der Waals surface area contributed by atoms with Crippen molar-refractivity contribution < 1.29 is 8.42 Å². The molecule has 1 N–H and O–H groups in total. The number of rotatable bonds is 6. The van der Waals surface area contributed by atoms with Crippen LogP contribution in [-0.4, -0.2) is 43.6 Å². The number of piperidine rings is 1. The summed E-state index contributed by atoms with van der Waals surface area (Å²) >= 11 is 0. The lowest BCUT2D eigenvalue weighted by Gasteiger charge is -2.37. The summed E-state index contributed by atoms with van der Waals surface area (Å²) in [4.78, 5) is 0. The number of benzene rings is 1. The van der Waals surface area contributed by atoms with Crippen molar-refractivity contribution >= 4 is 16.1 Å². The molecule has 0 bridgehead atoms. The van der Waals surface area contributed by atoms with Gasteiger partial charge in [0.15, 0.2) is 0 Å². The number of sulfonamides is 1. The van der Waals surface area contributed by atoms with E-state index in [2.05, 4.69) is 36.5 Å². The molecular formula is C18H28N2O2S. The van der Waals surface area contributed by atoms with Gasteiger partial charge < -0.3 is 5.32 Å². The molecule has 4 nitrogen and oxygen atoms in total. The van der Waals surface area contributed by atoms with Gasteiger partial charge in [-0.25, -0.2) is 12.7 Å². The van der Waals surface area contributed by atoms with Gasteiger partial charge in [-0.2, -0.15) is 0 Å². The molecule has 1 aliphatic rings. The Bertz CT molecular complexity index is 611. The van der Waals surface area contributed by atoms with Crippen LogP contribution in [0.4, 0.5) is 0 Å². The minimum absolute atomic E-state index is 0.322. The summed E-state index contributed by atoms with van der Waals surface area (Å²) in [6.45, 7) is 7.66. The summed E-state index contributed by atoms with van der Waals surface area (Å²) in [6.07, 6.45) is 5.10. The molecule has 0 saturated carbocycles. The number of hydrogen-bond acceptors (Lipinski definition) is 3. The highest BCUT2D eigenvalue weighted by Crippen LogP contribution is 2.21. The quantitative estimate of drug-likeness (QED) is 0.869. The fraction of sp³-hybridized carbons (Fsp3) is 0.556. The van der Waals surface area contributed by atoms with Gasteiger partial charge in [0.1, 0.15) is 0 Å². The maximum absolute atomic E-state index is 12.2. The summed E-state index contributed by atoms with van der Waals surface area (Å²) in [7, 11) is -3.13. The third kappa shape index (κ3) is 4.90. The standard InChI is InChI=1S/C18H28N2O2S/c1-15(2)23(21,22)20-13-11-18(16(3)14-20)19-12-7-10-17-8-5-4-6-9-17/h4-10,15-16,18-19H,11-14H2,1-3H3/b10-7-/t16-,18-/m1/s1. The van der Waals surface area contributed by atoms with Crippen LogP contribution in [0.3, 0.4) is 0 Å².